The molecular weight excluding hydrogens is 368 g/mol. The van der Waals surface area contributed by atoms with E-state index in [0.29, 0.717) is 21.9 Å². The fraction of sp³-hybridized carbons (Fsp3) is 0.211. The maximum atomic E-state index is 12.6. The zero-order chi connectivity index (χ0) is 19.0. The Morgan fingerprint density at radius 3 is 2.78 bits per heavy atom. The first-order valence-electron chi connectivity index (χ1n) is 8.22. The van der Waals surface area contributed by atoms with Gasteiger partial charge in [-0.1, -0.05) is 23.5 Å². The number of aryl methyl sites for hydroxylation is 1. The van der Waals surface area contributed by atoms with E-state index >= 15 is 0 Å². The number of carbonyl (C=O) groups is 2. The van der Waals surface area contributed by atoms with Gasteiger partial charge in [-0.05, 0) is 30.3 Å². The predicted molar refractivity (Wildman–Crippen MR) is 99.1 cm³/mol. The summed E-state index contributed by atoms with van der Waals surface area (Å²) in [6.45, 7) is 0.112. The van der Waals surface area contributed by atoms with E-state index in [0.717, 1.165) is 10.2 Å². The van der Waals surface area contributed by atoms with Crippen molar-refractivity contribution in [2.75, 3.05) is 13.7 Å². The number of aromatic nitrogens is 1. The monoisotopic (exact) mass is 384 g/mol. The minimum atomic E-state index is -0.796. The Balaban J connectivity index is 1.65. The summed E-state index contributed by atoms with van der Waals surface area (Å²) in [5, 5.41) is 0. The SMILES string of the molecule is COC(=O)c1ccc2c(c1)sc(=NC(=O)[C@H]1COc3ccccc3O1)n2C. The molecule has 138 valence electrons. The van der Waals surface area contributed by atoms with E-state index in [2.05, 4.69) is 4.99 Å². The second-order valence-corrected chi connectivity index (χ2v) is 6.94. The molecule has 0 N–H and O–H groups in total. The van der Waals surface area contributed by atoms with Crippen LogP contribution in [0.15, 0.2) is 47.5 Å². The van der Waals surface area contributed by atoms with Gasteiger partial charge in [-0.2, -0.15) is 4.99 Å². The van der Waals surface area contributed by atoms with Gasteiger partial charge in [-0.3, -0.25) is 4.79 Å². The van der Waals surface area contributed by atoms with Crippen molar-refractivity contribution in [3.05, 3.63) is 52.8 Å². The fourth-order valence-electron chi connectivity index (χ4n) is 2.79. The van der Waals surface area contributed by atoms with Gasteiger partial charge in [0.15, 0.2) is 16.3 Å². The van der Waals surface area contributed by atoms with Gasteiger partial charge in [0.2, 0.25) is 6.10 Å². The van der Waals surface area contributed by atoms with Crippen LogP contribution in [0.3, 0.4) is 0 Å². The van der Waals surface area contributed by atoms with Crippen LogP contribution >= 0.6 is 11.3 Å². The van der Waals surface area contributed by atoms with Crippen LogP contribution in [0.5, 0.6) is 11.5 Å². The van der Waals surface area contributed by atoms with Crippen LogP contribution in [-0.2, 0) is 16.6 Å². The van der Waals surface area contributed by atoms with Gasteiger partial charge in [-0.15, -0.1) is 0 Å². The van der Waals surface area contributed by atoms with E-state index < -0.39 is 18.0 Å². The summed E-state index contributed by atoms with van der Waals surface area (Å²) in [6.07, 6.45) is -0.796. The van der Waals surface area contributed by atoms with Crippen LogP contribution in [-0.4, -0.2) is 36.3 Å². The number of ether oxygens (including phenoxy) is 3. The number of thiazole rings is 1. The summed E-state index contributed by atoms with van der Waals surface area (Å²) in [7, 11) is 3.15. The first-order chi connectivity index (χ1) is 13.1. The molecule has 1 aliphatic rings. The Morgan fingerprint density at radius 2 is 2.00 bits per heavy atom. The number of rotatable bonds is 2. The van der Waals surface area contributed by atoms with Crippen molar-refractivity contribution in [3.63, 3.8) is 0 Å². The van der Waals surface area contributed by atoms with Gasteiger partial charge in [0.1, 0.15) is 6.61 Å². The Kier molecular flexibility index (Phi) is 4.41. The van der Waals surface area contributed by atoms with Crippen molar-refractivity contribution >= 4 is 33.4 Å². The topological polar surface area (TPSA) is 79.1 Å². The number of carbonyl (C=O) groups excluding carboxylic acids is 2. The molecule has 4 rings (SSSR count). The molecule has 2 aromatic carbocycles. The van der Waals surface area contributed by atoms with E-state index in [9.17, 15) is 9.59 Å². The molecular formula is C19H16N2O5S. The highest BCUT2D eigenvalue weighted by Gasteiger charge is 2.27. The number of hydrogen-bond donors (Lipinski definition) is 0. The predicted octanol–water partition coefficient (Wildman–Crippen LogP) is 2.29. The molecule has 1 aliphatic heterocycles. The highest BCUT2D eigenvalue weighted by molar-refractivity contribution is 7.16. The second-order valence-electron chi connectivity index (χ2n) is 5.93. The van der Waals surface area contributed by atoms with Crippen LogP contribution in [0.25, 0.3) is 10.2 Å². The Labute approximate surface area is 158 Å². The number of amides is 1. The molecule has 0 unspecified atom stereocenters. The molecule has 2 heterocycles. The highest BCUT2D eigenvalue weighted by atomic mass is 32.1. The van der Waals surface area contributed by atoms with Crippen molar-refractivity contribution in [3.8, 4) is 11.5 Å². The summed E-state index contributed by atoms with van der Waals surface area (Å²) < 4.78 is 18.7. The quantitative estimate of drug-likeness (QED) is 0.634. The number of nitrogens with zero attached hydrogens (tertiary/aromatic N) is 2. The molecule has 0 saturated heterocycles. The fourth-order valence-corrected chi connectivity index (χ4v) is 3.86. The zero-order valence-corrected chi connectivity index (χ0v) is 15.5. The van der Waals surface area contributed by atoms with E-state index in [1.54, 1.807) is 34.9 Å². The van der Waals surface area contributed by atoms with Crippen molar-refractivity contribution in [1.29, 1.82) is 0 Å². The maximum Gasteiger partial charge on any atom is 0.337 e. The Morgan fingerprint density at radius 1 is 1.22 bits per heavy atom. The Hall–Kier alpha value is -3.13. The molecule has 0 spiro atoms. The molecule has 0 aliphatic carbocycles. The van der Waals surface area contributed by atoms with Crippen molar-refractivity contribution in [1.82, 2.24) is 4.57 Å². The largest absolute Gasteiger partial charge is 0.485 e. The molecule has 1 atom stereocenters. The molecule has 8 heteroatoms. The van der Waals surface area contributed by atoms with Gasteiger partial charge >= 0.3 is 5.97 Å². The normalized spacial score (nSPS) is 16.4. The lowest BCUT2D eigenvalue weighted by Crippen LogP contribution is -2.36. The standard InChI is InChI=1S/C19H16N2O5S/c1-21-12-8-7-11(18(23)24-2)9-16(12)27-19(21)20-17(22)15-10-25-13-5-3-4-6-14(13)26-15/h3-9,15H,10H2,1-2H3/t15-/m1/s1. The number of hydrogen-bond acceptors (Lipinski definition) is 6. The summed E-state index contributed by atoms with van der Waals surface area (Å²) >= 11 is 1.32. The lowest BCUT2D eigenvalue weighted by molar-refractivity contribution is -0.127. The smallest absolute Gasteiger partial charge is 0.337 e. The van der Waals surface area contributed by atoms with Gasteiger partial charge in [0, 0.05) is 7.05 Å². The third kappa shape index (κ3) is 3.19. The maximum absolute atomic E-state index is 12.6. The van der Waals surface area contributed by atoms with E-state index in [-0.39, 0.29) is 6.61 Å². The van der Waals surface area contributed by atoms with Crippen molar-refractivity contribution < 1.29 is 23.8 Å². The molecule has 0 bridgehead atoms. The first-order valence-corrected chi connectivity index (χ1v) is 9.03. The van der Waals surface area contributed by atoms with Crippen molar-refractivity contribution in [2.45, 2.75) is 6.10 Å². The van der Waals surface area contributed by atoms with E-state index in [4.69, 9.17) is 14.2 Å². The van der Waals surface area contributed by atoms with Crippen LogP contribution in [0.2, 0.25) is 0 Å². The molecule has 0 fully saturated rings. The molecule has 3 aromatic rings. The number of fused-ring (bicyclic) bond motifs is 2. The average molecular weight is 384 g/mol. The molecule has 1 aromatic heterocycles. The molecule has 7 nitrogen and oxygen atoms in total. The van der Waals surface area contributed by atoms with Gasteiger partial charge in [0.05, 0.1) is 22.9 Å². The zero-order valence-electron chi connectivity index (χ0n) is 14.7. The van der Waals surface area contributed by atoms with Gasteiger partial charge < -0.3 is 18.8 Å². The number of methoxy groups -OCH3 is 1. The van der Waals surface area contributed by atoms with E-state index in [1.165, 1.54) is 18.4 Å². The highest BCUT2D eigenvalue weighted by Crippen LogP contribution is 2.31. The molecule has 0 radical (unpaired) electrons. The number of para-hydroxylation sites is 2. The lowest BCUT2D eigenvalue weighted by atomic mass is 10.2. The third-order valence-electron chi connectivity index (χ3n) is 4.22. The number of benzene rings is 2. The summed E-state index contributed by atoms with van der Waals surface area (Å²) in [5.74, 6) is 0.318. The molecule has 0 saturated carbocycles. The van der Waals surface area contributed by atoms with Crippen molar-refractivity contribution in [2.24, 2.45) is 12.0 Å². The van der Waals surface area contributed by atoms with Gasteiger partial charge in [-0.25, -0.2) is 4.79 Å². The van der Waals surface area contributed by atoms with Crippen LogP contribution < -0.4 is 14.3 Å². The third-order valence-corrected chi connectivity index (χ3v) is 5.31. The van der Waals surface area contributed by atoms with Crippen LogP contribution in [0.4, 0.5) is 0 Å². The lowest BCUT2D eigenvalue weighted by Gasteiger charge is -2.23. The minimum Gasteiger partial charge on any atom is -0.485 e. The summed E-state index contributed by atoms with van der Waals surface area (Å²) in [6, 6.07) is 12.4. The first kappa shape index (κ1) is 17.3. The second kappa shape index (κ2) is 6.88. The number of esters is 1. The molecule has 27 heavy (non-hydrogen) atoms. The summed E-state index contributed by atoms with van der Waals surface area (Å²) in [4.78, 5) is 29.0. The average Bonchev–Trinajstić information content (AvgIpc) is 3.01. The van der Waals surface area contributed by atoms with Gasteiger partial charge in [0.25, 0.3) is 5.91 Å². The summed E-state index contributed by atoms with van der Waals surface area (Å²) in [5.41, 5.74) is 1.32. The van der Waals surface area contributed by atoms with Crippen LogP contribution in [0, 0.1) is 0 Å². The van der Waals surface area contributed by atoms with E-state index in [1.807, 2.05) is 19.2 Å². The molecule has 1 amide bonds. The minimum absolute atomic E-state index is 0.112. The Bertz CT molecular complexity index is 1110. The van der Waals surface area contributed by atoms with Crippen LogP contribution in [0.1, 0.15) is 10.4 Å².